The Morgan fingerprint density at radius 2 is 2.42 bits per heavy atom. The number of nitrogens with zero attached hydrogens (tertiary/aromatic N) is 2. The van der Waals surface area contributed by atoms with Gasteiger partial charge in [0.25, 0.3) is 0 Å². The van der Waals surface area contributed by atoms with Crippen LogP contribution in [0.25, 0.3) is 0 Å². The molecule has 0 amide bonds. The fourth-order valence-electron chi connectivity index (χ4n) is 1.75. The van der Waals surface area contributed by atoms with Gasteiger partial charge in [0.15, 0.2) is 0 Å². The topological polar surface area (TPSA) is 17.8 Å². The molecule has 66 valence electrons. The third-order valence-electron chi connectivity index (χ3n) is 2.30. The molecule has 0 aliphatic carbocycles. The minimum Gasteiger partial charge on any atom is -0.329 e. The van der Waals surface area contributed by atoms with Crippen LogP contribution in [0.1, 0.15) is 31.3 Å². The van der Waals surface area contributed by atoms with E-state index in [9.17, 15) is 4.39 Å². The maximum atomic E-state index is 12.9. The summed E-state index contributed by atoms with van der Waals surface area (Å²) >= 11 is 0. The molecule has 2 nitrogen and oxygen atoms in total. The van der Waals surface area contributed by atoms with Crippen LogP contribution in [0.15, 0.2) is 6.20 Å². The second kappa shape index (κ2) is 2.57. The molecule has 1 aliphatic heterocycles. The maximum Gasteiger partial charge on any atom is 0.123 e. The molecular weight excluding hydrogens is 155 g/mol. The van der Waals surface area contributed by atoms with E-state index in [0.29, 0.717) is 18.9 Å². The molecule has 12 heavy (non-hydrogen) atoms. The van der Waals surface area contributed by atoms with Crippen molar-refractivity contribution >= 4 is 0 Å². The lowest BCUT2D eigenvalue weighted by atomic mass is 10.2. The highest BCUT2D eigenvalue weighted by Gasteiger charge is 2.24. The molecule has 0 aromatic carbocycles. The predicted octanol–water partition coefficient (Wildman–Crippen LogP) is 1.90. The van der Waals surface area contributed by atoms with Gasteiger partial charge in [0.05, 0.1) is 6.54 Å². The number of hydrogen-bond donors (Lipinski definition) is 0. The van der Waals surface area contributed by atoms with Crippen molar-refractivity contribution in [2.75, 3.05) is 0 Å². The smallest absolute Gasteiger partial charge is 0.123 e. The zero-order valence-corrected chi connectivity index (χ0v) is 7.42. The molecule has 2 rings (SSSR count). The minimum atomic E-state index is -0.694. The molecular formula is C9H13FN2. The number of fused-ring (bicyclic) bond motifs is 1. The monoisotopic (exact) mass is 168 g/mol. The van der Waals surface area contributed by atoms with Gasteiger partial charge >= 0.3 is 0 Å². The number of hydrogen-bond acceptors (Lipinski definition) is 1. The molecule has 1 aliphatic rings. The normalized spacial score (nSPS) is 21.8. The van der Waals surface area contributed by atoms with Crippen LogP contribution in [0.3, 0.4) is 0 Å². The average molecular weight is 168 g/mol. The SMILES string of the molecule is CC(C)c1ncc2n1CC(F)C2. The molecule has 1 aromatic heterocycles. The van der Waals surface area contributed by atoms with Gasteiger partial charge in [-0.05, 0) is 0 Å². The van der Waals surface area contributed by atoms with Crippen LogP contribution in [0.4, 0.5) is 4.39 Å². The van der Waals surface area contributed by atoms with E-state index in [-0.39, 0.29) is 0 Å². The Balaban J connectivity index is 2.37. The second-order valence-corrected chi connectivity index (χ2v) is 3.67. The van der Waals surface area contributed by atoms with Crippen LogP contribution in [0.5, 0.6) is 0 Å². The lowest BCUT2D eigenvalue weighted by Gasteiger charge is -2.06. The highest BCUT2D eigenvalue weighted by molar-refractivity contribution is 5.13. The standard InChI is InChI=1S/C9H13FN2/c1-6(2)9-11-4-8-3-7(10)5-12(8)9/h4,6-7H,3,5H2,1-2H3. The van der Waals surface area contributed by atoms with E-state index in [0.717, 1.165) is 11.5 Å². The van der Waals surface area contributed by atoms with Crippen molar-refractivity contribution in [2.45, 2.75) is 38.9 Å². The molecule has 0 bridgehead atoms. The zero-order valence-electron chi connectivity index (χ0n) is 7.42. The molecule has 0 radical (unpaired) electrons. The van der Waals surface area contributed by atoms with E-state index in [1.807, 2.05) is 4.57 Å². The van der Waals surface area contributed by atoms with Crippen molar-refractivity contribution in [3.63, 3.8) is 0 Å². The van der Waals surface area contributed by atoms with E-state index in [1.54, 1.807) is 6.20 Å². The first kappa shape index (κ1) is 7.77. The fourth-order valence-corrected chi connectivity index (χ4v) is 1.75. The highest BCUT2D eigenvalue weighted by Crippen LogP contribution is 2.23. The molecule has 1 atom stereocenters. The summed E-state index contributed by atoms with van der Waals surface area (Å²) in [4.78, 5) is 4.27. The predicted molar refractivity (Wildman–Crippen MR) is 44.9 cm³/mol. The number of halogens is 1. The Hall–Kier alpha value is -0.860. The van der Waals surface area contributed by atoms with E-state index < -0.39 is 6.17 Å². The summed E-state index contributed by atoms with van der Waals surface area (Å²) in [5.74, 6) is 1.41. The van der Waals surface area contributed by atoms with Crippen LogP contribution >= 0.6 is 0 Å². The van der Waals surface area contributed by atoms with Crippen molar-refractivity contribution in [3.8, 4) is 0 Å². The lowest BCUT2D eigenvalue weighted by Crippen LogP contribution is -2.07. The minimum absolute atomic E-state index is 0.393. The quantitative estimate of drug-likeness (QED) is 0.626. The van der Waals surface area contributed by atoms with Crippen LogP contribution in [0, 0.1) is 0 Å². The van der Waals surface area contributed by atoms with Gasteiger partial charge in [0.2, 0.25) is 0 Å². The first-order valence-electron chi connectivity index (χ1n) is 4.37. The number of aromatic nitrogens is 2. The lowest BCUT2D eigenvalue weighted by molar-refractivity contribution is 0.325. The summed E-state index contributed by atoms with van der Waals surface area (Å²) in [5.41, 5.74) is 1.05. The third-order valence-corrected chi connectivity index (χ3v) is 2.30. The number of alkyl halides is 1. The summed E-state index contributed by atoms with van der Waals surface area (Å²) in [6.45, 7) is 4.67. The Kier molecular flexibility index (Phi) is 1.67. The van der Waals surface area contributed by atoms with Gasteiger partial charge in [-0.25, -0.2) is 9.37 Å². The summed E-state index contributed by atoms with van der Waals surface area (Å²) in [6.07, 6.45) is 1.65. The van der Waals surface area contributed by atoms with Gasteiger partial charge < -0.3 is 4.57 Å². The number of imidazole rings is 1. The largest absolute Gasteiger partial charge is 0.329 e. The summed E-state index contributed by atoms with van der Waals surface area (Å²) < 4.78 is 15.0. The Morgan fingerprint density at radius 3 is 3.08 bits per heavy atom. The van der Waals surface area contributed by atoms with Gasteiger partial charge in [-0.2, -0.15) is 0 Å². The summed E-state index contributed by atoms with van der Waals surface area (Å²) in [7, 11) is 0. The van der Waals surface area contributed by atoms with Crippen molar-refractivity contribution in [1.82, 2.24) is 9.55 Å². The maximum absolute atomic E-state index is 12.9. The van der Waals surface area contributed by atoms with Gasteiger partial charge in [-0.3, -0.25) is 0 Å². The van der Waals surface area contributed by atoms with Gasteiger partial charge in [0.1, 0.15) is 12.0 Å². The summed E-state index contributed by atoms with van der Waals surface area (Å²) in [6, 6.07) is 0. The Morgan fingerprint density at radius 1 is 1.67 bits per heavy atom. The second-order valence-electron chi connectivity index (χ2n) is 3.67. The van der Waals surface area contributed by atoms with Gasteiger partial charge in [-0.15, -0.1) is 0 Å². The molecule has 3 heteroatoms. The molecule has 0 fully saturated rings. The third kappa shape index (κ3) is 1.04. The summed E-state index contributed by atoms with van der Waals surface area (Å²) in [5, 5.41) is 0. The Bertz CT molecular complexity index is 291. The number of rotatable bonds is 1. The van der Waals surface area contributed by atoms with Crippen molar-refractivity contribution < 1.29 is 4.39 Å². The van der Waals surface area contributed by atoms with Crippen molar-refractivity contribution in [1.29, 1.82) is 0 Å². The first-order valence-corrected chi connectivity index (χ1v) is 4.37. The average Bonchev–Trinajstić information content (AvgIpc) is 2.43. The fraction of sp³-hybridized carbons (Fsp3) is 0.667. The van der Waals surface area contributed by atoms with Gasteiger partial charge in [0, 0.05) is 24.2 Å². The molecule has 0 spiro atoms. The van der Waals surface area contributed by atoms with Crippen LogP contribution in [-0.4, -0.2) is 15.7 Å². The van der Waals surface area contributed by atoms with Crippen molar-refractivity contribution in [3.05, 3.63) is 17.7 Å². The van der Waals surface area contributed by atoms with E-state index in [1.165, 1.54) is 0 Å². The molecule has 0 saturated carbocycles. The van der Waals surface area contributed by atoms with Crippen LogP contribution in [-0.2, 0) is 13.0 Å². The Labute approximate surface area is 71.4 Å². The molecule has 1 unspecified atom stereocenters. The van der Waals surface area contributed by atoms with Crippen LogP contribution in [0.2, 0.25) is 0 Å². The van der Waals surface area contributed by atoms with E-state index in [2.05, 4.69) is 18.8 Å². The molecule has 2 heterocycles. The zero-order chi connectivity index (χ0) is 8.72. The van der Waals surface area contributed by atoms with Crippen LogP contribution < -0.4 is 0 Å². The molecule has 1 aromatic rings. The highest BCUT2D eigenvalue weighted by atomic mass is 19.1. The van der Waals surface area contributed by atoms with E-state index in [4.69, 9.17) is 0 Å². The van der Waals surface area contributed by atoms with E-state index >= 15 is 0 Å². The molecule has 0 saturated heterocycles. The molecule has 0 N–H and O–H groups in total. The van der Waals surface area contributed by atoms with Gasteiger partial charge in [-0.1, -0.05) is 13.8 Å². The first-order chi connectivity index (χ1) is 5.68. The van der Waals surface area contributed by atoms with Crippen molar-refractivity contribution in [2.24, 2.45) is 0 Å².